The molecule has 1 aromatic rings. The minimum Gasteiger partial charge on any atom is -0.312 e. The molecule has 1 fully saturated rings. The number of nitrogens with one attached hydrogen (secondary N) is 1. The third kappa shape index (κ3) is 3.80. The van der Waals surface area contributed by atoms with Crippen LogP contribution in [-0.2, 0) is 10.0 Å². The zero-order valence-corrected chi connectivity index (χ0v) is 12.4. The van der Waals surface area contributed by atoms with Crippen LogP contribution in [0.4, 0.5) is 0 Å². The van der Waals surface area contributed by atoms with E-state index in [1.807, 2.05) is 6.92 Å². The first-order valence-corrected chi connectivity index (χ1v) is 6.68. The molecule has 18 heavy (non-hydrogen) atoms. The van der Waals surface area contributed by atoms with Gasteiger partial charge in [0.25, 0.3) is 0 Å². The van der Waals surface area contributed by atoms with Crippen molar-refractivity contribution in [2.24, 2.45) is 0 Å². The van der Waals surface area contributed by atoms with E-state index in [1.165, 1.54) is 10.5 Å². The zero-order chi connectivity index (χ0) is 11.6. The van der Waals surface area contributed by atoms with Gasteiger partial charge in [0.1, 0.15) is 4.90 Å². The van der Waals surface area contributed by atoms with Gasteiger partial charge in [-0.3, -0.25) is 4.98 Å². The normalized spacial score (nSPS) is 20.6. The van der Waals surface area contributed by atoms with Gasteiger partial charge in [-0.1, -0.05) is 0 Å². The molecule has 1 atom stereocenters. The van der Waals surface area contributed by atoms with E-state index in [9.17, 15) is 8.42 Å². The van der Waals surface area contributed by atoms with Crippen LogP contribution in [-0.4, -0.2) is 43.4 Å². The molecule has 0 aromatic carbocycles. The van der Waals surface area contributed by atoms with E-state index in [0.29, 0.717) is 19.6 Å². The minimum atomic E-state index is -3.36. The van der Waals surface area contributed by atoms with Crippen molar-refractivity contribution < 1.29 is 8.42 Å². The second kappa shape index (κ2) is 7.25. The lowest BCUT2D eigenvalue weighted by atomic mass is 10.3. The van der Waals surface area contributed by atoms with Crippen LogP contribution in [0.5, 0.6) is 0 Å². The van der Waals surface area contributed by atoms with E-state index in [0.717, 1.165) is 0 Å². The number of hydrogen-bond donors (Lipinski definition) is 1. The Kier molecular flexibility index (Phi) is 7.09. The summed E-state index contributed by atoms with van der Waals surface area (Å²) in [5.41, 5.74) is 0. The average Bonchev–Trinajstić information content (AvgIpc) is 2.30. The van der Waals surface area contributed by atoms with Gasteiger partial charge in [0.05, 0.1) is 0 Å². The van der Waals surface area contributed by atoms with Crippen LogP contribution in [0.2, 0.25) is 0 Å². The fourth-order valence-electron chi connectivity index (χ4n) is 1.76. The Morgan fingerprint density at radius 3 is 2.72 bits per heavy atom. The molecule has 0 aliphatic carbocycles. The lowest BCUT2D eigenvalue weighted by molar-refractivity contribution is 0.310. The van der Waals surface area contributed by atoms with Crippen molar-refractivity contribution in [1.29, 1.82) is 0 Å². The van der Waals surface area contributed by atoms with Crippen LogP contribution in [0, 0.1) is 0 Å². The van der Waals surface area contributed by atoms with Crippen molar-refractivity contribution in [3.05, 3.63) is 24.5 Å². The van der Waals surface area contributed by atoms with Gasteiger partial charge >= 0.3 is 0 Å². The van der Waals surface area contributed by atoms with Crippen LogP contribution in [0.1, 0.15) is 6.92 Å². The number of aromatic nitrogens is 1. The van der Waals surface area contributed by atoms with Gasteiger partial charge in [-0.25, -0.2) is 8.42 Å². The fraction of sp³-hybridized carbons (Fsp3) is 0.500. The molecule has 1 N–H and O–H groups in total. The molecule has 1 saturated heterocycles. The van der Waals surface area contributed by atoms with Crippen LogP contribution in [0.3, 0.4) is 0 Å². The standard InChI is InChI=1S/C10H15N3O2S.2ClH/c1-9-8-13(6-5-12-9)16(14,15)10-3-2-4-11-7-10;;/h2-4,7,9,12H,5-6,8H2,1H3;2*1H. The number of nitrogens with zero attached hydrogens (tertiary/aromatic N) is 2. The smallest absolute Gasteiger partial charge is 0.244 e. The lowest BCUT2D eigenvalue weighted by Gasteiger charge is -2.30. The predicted octanol–water partition coefficient (Wildman–Crippen LogP) is 0.908. The third-order valence-electron chi connectivity index (χ3n) is 2.60. The summed E-state index contributed by atoms with van der Waals surface area (Å²) in [5.74, 6) is 0. The molecule has 1 aliphatic heterocycles. The summed E-state index contributed by atoms with van der Waals surface area (Å²) in [7, 11) is -3.36. The number of halogens is 2. The Balaban J connectivity index is 0.00000144. The van der Waals surface area contributed by atoms with E-state index in [1.54, 1.807) is 18.3 Å². The molecule has 8 heteroatoms. The molecule has 0 bridgehead atoms. The highest BCUT2D eigenvalue weighted by molar-refractivity contribution is 7.89. The van der Waals surface area contributed by atoms with Crippen LogP contribution >= 0.6 is 24.8 Å². The number of pyridine rings is 1. The van der Waals surface area contributed by atoms with Gasteiger partial charge in [0, 0.05) is 38.1 Å². The second-order valence-electron chi connectivity index (χ2n) is 3.91. The molecule has 104 valence electrons. The highest BCUT2D eigenvalue weighted by Gasteiger charge is 2.28. The monoisotopic (exact) mass is 313 g/mol. The molecule has 5 nitrogen and oxygen atoms in total. The fourth-order valence-corrected chi connectivity index (χ4v) is 3.26. The largest absolute Gasteiger partial charge is 0.312 e. The number of rotatable bonds is 2. The van der Waals surface area contributed by atoms with Crippen molar-refractivity contribution in [2.45, 2.75) is 17.9 Å². The maximum Gasteiger partial charge on any atom is 0.244 e. The maximum atomic E-state index is 12.2. The summed E-state index contributed by atoms with van der Waals surface area (Å²) >= 11 is 0. The molecule has 0 spiro atoms. The minimum absolute atomic E-state index is 0. The number of piperazine rings is 1. The molecule has 2 rings (SSSR count). The van der Waals surface area contributed by atoms with Crippen molar-refractivity contribution in [2.75, 3.05) is 19.6 Å². The Morgan fingerprint density at radius 1 is 1.44 bits per heavy atom. The lowest BCUT2D eigenvalue weighted by Crippen LogP contribution is -2.51. The summed E-state index contributed by atoms with van der Waals surface area (Å²) in [6, 6.07) is 3.41. The van der Waals surface area contributed by atoms with Gasteiger partial charge < -0.3 is 5.32 Å². The molecule has 0 saturated carbocycles. The van der Waals surface area contributed by atoms with Gasteiger partial charge in [-0.05, 0) is 19.1 Å². The van der Waals surface area contributed by atoms with Crippen LogP contribution in [0.25, 0.3) is 0 Å². The molecule has 1 aliphatic rings. The van der Waals surface area contributed by atoms with E-state index in [-0.39, 0.29) is 35.8 Å². The number of hydrogen-bond acceptors (Lipinski definition) is 4. The summed E-state index contributed by atoms with van der Waals surface area (Å²) in [4.78, 5) is 4.11. The first kappa shape index (κ1) is 17.6. The van der Waals surface area contributed by atoms with Gasteiger partial charge in [0.15, 0.2) is 0 Å². The number of sulfonamides is 1. The quantitative estimate of drug-likeness (QED) is 0.881. The Morgan fingerprint density at radius 2 is 2.17 bits per heavy atom. The van der Waals surface area contributed by atoms with Crippen molar-refractivity contribution >= 4 is 34.8 Å². The third-order valence-corrected chi connectivity index (χ3v) is 4.45. The molecular formula is C10H17Cl2N3O2S. The first-order chi connectivity index (χ1) is 7.60. The molecule has 0 amide bonds. The Labute approximate surface area is 120 Å². The van der Waals surface area contributed by atoms with Gasteiger partial charge in [0.2, 0.25) is 10.0 Å². The summed E-state index contributed by atoms with van der Waals surface area (Å²) in [6.07, 6.45) is 2.96. The maximum absolute atomic E-state index is 12.2. The molecule has 1 aromatic heterocycles. The van der Waals surface area contributed by atoms with Gasteiger partial charge in [-0.2, -0.15) is 4.31 Å². The predicted molar refractivity (Wildman–Crippen MR) is 75.0 cm³/mol. The van der Waals surface area contributed by atoms with E-state index in [4.69, 9.17) is 0 Å². The van der Waals surface area contributed by atoms with Crippen molar-refractivity contribution in [1.82, 2.24) is 14.6 Å². The molecule has 1 unspecified atom stereocenters. The topological polar surface area (TPSA) is 62.3 Å². The summed E-state index contributed by atoms with van der Waals surface area (Å²) in [6.45, 7) is 3.70. The molecule has 0 radical (unpaired) electrons. The van der Waals surface area contributed by atoms with Crippen molar-refractivity contribution in [3.63, 3.8) is 0 Å². The van der Waals surface area contributed by atoms with E-state index < -0.39 is 10.0 Å². The van der Waals surface area contributed by atoms with E-state index >= 15 is 0 Å². The second-order valence-corrected chi connectivity index (χ2v) is 5.84. The highest BCUT2D eigenvalue weighted by atomic mass is 35.5. The van der Waals surface area contributed by atoms with Crippen LogP contribution < -0.4 is 5.32 Å². The summed E-state index contributed by atoms with van der Waals surface area (Å²) in [5, 5.41) is 3.21. The van der Waals surface area contributed by atoms with Gasteiger partial charge in [-0.15, -0.1) is 24.8 Å². The van der Waals surface area contributed by atoms with Crippen molar-refractivity contribution in [3.8, 4) is 0 Å². The highest BCUT2D eigenvalue weighted by Crippen LogP contribution is 2.15. The summed E-state index contributed by atoms with van der Waals surface area (Å²) < 4.78 is 25.9. The van der Waals surface area contributed by atoms with E-state index in [2.05, 4.69) is 10.3 Å². The molecule has 2 heterocycles. The van der Waals surface area contributed by atoms with Crippen LogP contribution in [0.15, 0.2) is 29.4 Å². The molecular weight excluding hydrogens is 297 g/mol. The zero-order valence-electron chi connectivity index (χ0n) is 9.94. The Hall–Kier alpha value is -0.400. The average molecular weight is 314 g/mol. The first-order valence-electron chi connectivity index (χ1n) is 5.24. The Bertz CT molecular complexity index is 455. The SMILES string of the molecule is CC1CN(S(=O)(=O)c2cccnc2)CCN1.Cl.Cl.